The van der Waals surface area contributed by atoms with E-state index in [9.17, 15) is 27.6 Å². The van der Waals surface area contributed by atoms with Crippen molar-refractivity contribution in [1.82, 2.24) is 14.7 Å². The Morgan fingerprint density at radius 1 is 0.957 bits per heavy atom. The van der Waals surface area contributed by atoms with Gasteiger partial charge >= 0.3 is 12.3 Å². The highest BCUT2D eigenvalue weighted by Gasteiger charge is 2.52. The van der Waals surface area contributed by atoms with Gasteiger partial charge in [-0.05, 0) is 81.2 Å². The van der Waals surface area contributed by atoms with Crippen LogP contribution in [-0.4, -0.2) is 71.0 Å². The lowest BCUT2D eigenvalue weighted by Gasteiger charge is -2.54. The normalized spacial score (nSPS) is 22.6. The van der Waals surface area contributed by atoms with Gasteiger partial charge in [0.25, 0.3) is 0 Å². The van der Waals surface area contributed by atoms with Gasteiger partial charge in [0.1, 0.15) is 18.8 Å². The van der Waals surface area contributed by atoms with E-state index < -0.39 is 36.0 Å². The van der Waals surface area contributed by atoms with Crippen molar-refractivity contribution in [2.45, 2.75) is 89.7 Å². The molecule has 8 nitrogen and oxygen atoms in total. The van der Waals surface area contributed by atoms with Crippen LogP contribution in [0.4, 0.5) is 18.0 Å². The molecule has 1 saturated carbocycles. The molecule has 2 aliphatic heterocycles. The molecule has 2 heterocycles. The lowest BCUT2D eigenvalue weighted by atomic mass is 9.87. The molecule has 0 bridgehead atoms. The number of rotatable bonds is 10. The molecule has 0 spiro atoms. The largest absolute Gasteiger partial charge is 0.444 e. The molecule has 2 aromatic carbocycles. The van der Waals surface area contributed by atoms with E-state index in [0.29, 0.717) is 50.3 Å². The maximum Gasteiger partial charge on any atom is 0.416 e. The summed E-state index contributed by atoms with van der Waals surface area (Å²) >= 11 is 0. The number of carbonyl (C=O) groups excluding carboxylic acids is 3. The Morgan fingerprint density at radius 3 is 2.39 bits per heavy atom. The summed E-state index contributed by atoms with van der Waals surface area (Å²) in [5.74, 6) is -0.518. The molecule has 2 aromatic rings. The lowest BCUT2D eigenvalue weighted by Crippen LogP contribution is -2.73. The molecule has 46 heavy (non-hydrogen) atoms. The topological polar surface area (TPSA) is 96.2 Å². The van der Waals surface area contributed by atoms with Crippen LogP contribution in [0.2, 0.25) is 0 Å². The van der Waals surface area contributed by atoms with E-state index in [4.69, 9.17) is 10.5 Å². The molecule has 3 amide bonds. The average molecular weight is 643 g/mol. The molecule has 0 aromatic heterocycles. The van der Waals surface area contributed by atoms with Gasteiger partial charge in [-0.3, -0.25) is 14.5 Å². The van der Waals surface area contributed by atoms with Crippen LogP contribution in [0.15, 0.2) is 48.5 Å². The minimum absolute atomic E-state index is 0.0797. The number of hydrogen-bond acceptors (Lipinski definition) is 5. The summed E-state index contributed by atoms with van der Waals surface area (Å²) in [7, 11) is 0. The fourth-order valence-corrected chi connectivity index (χ4v) is 7.28. The van der Waals surface area contributed by atoms with Crippen molar-refractivity contribution in [2.75, 3.05) is 26.2 Å². The van der Waals surface area contributed by atoms with E-state index in [-0.39, 0.29) is 37.1 Å². The number of aryl methyl sites for hydroxylation is 1. The van der Waals surface area contributed by atoms with Gasteiger partial charge in [-0.25, -0.2) is 4.79 Å². The first-order chi connectivity index (χ1) is 22.0. The van der Waals surface area contributed by atoms with Crippen LogP contribution in [0.3, 0.4) is 0 Å². The zero-order valence-corrected chi connectivity index (χ0v) is 26.5. The number of ether oxygens (including phenoxy) is 1. The van der Waals surface area contributed by atoms with E-state index in [0.717, 1.165) is 43.4 Å². The summed E-state index contributed by atoms with van der Waals surface area (Å²) in [4.78, 5) is 47.1. The molecule has 11 heteroatoms. The van der Waals surface area contributed by atoms with Crippen molar-refractivity contribution in [1.29, 1.82) is 0 Å². The Morgan fingerprint density at radius 2 is 1.70 bits per heavy atom. The fraction of sp³-hybridized carbons (Fsp3) is 0.571. The predicted molar refractivity (Wildman–Crippen MR) is 167 cm³/mol. The molecule has 250 valence electrons. The van der Waals surface area contributed by atoms with E-state index in [2.05, 4.69) is 0 Å². The molecule has 3 atom stereocenters. The van der Waals surface area contributed by atoms with Crippen LogP contribution in [0, 0.1) is 18.8 Å². The number of fused-ring (bicyclic) bond motifs is 1. The van der Waals surface area contributed by atoms with Gasteiger partial charge in [0.05, 0.1) is 18.0 Å². The summed E-state index contributed by atoms with van der Waals surface area (Å²) < 4.78 is 46.1. The summed E-state index contributed by atoms with van der Waals surface area (Å²) in [6.45, 7) is 2.50. The Balaban J connectivity index is 1.43. The maximum absolute atomic E-state index is 14.2. The number of unbranched alkanes of at least 4 members (excludes halogenated alkanes) is 1. The molecule has 0 unspecified atom stereocenters. The van der Waals surface area contributed by atoms with E-state index in [1.54, 1.807) is 17.9 Å². The maximum atomic E-state index is 14.2. The molecule has 3 aliphatic rings. The fourth-order valence-electron chi connectivity index (χ4n) is 7.28. The molecule has 2 N–H and O–H groups in total. The highest BCUT2D eigenvalue weighted by atomic mass is 19.4. The van der Waals surface area contributed by atoms with Gasteiger partial charge in [0.15, 0.2) is 0 Å². The van der Waals surface area contributed by atoms with Gasteiger partial charge in [-0.1, -0.05) is 61.2 Å². The van der Waals surface area contributed by atoms with Crippen molar-refractivity contribution in [3.63, 3.8) is 0 Å². The minimum Gasteiger partial charge on any atom is -0.444 e. The molecule has 3 fully saturated rings. The van der Waals surface area contributed by atoms with Gasteiger partial charge in [0, 0.05) is 13.1 Å². The second-order valence-electron chi connectivity index (χ2n) is 13.1. The van der Waals surface area contributed by atoms with Gasteiger partial charge in [-0.15, -0.1) is 0 Å². The molecule has 2 saturated heterocycles. The number of hydrogen-bond donors (Lipinski definition) is 1. The first-order valence-corrected chi connectivity index (χ1v) is 16.5. The SMILES string of the molecule is Cc1cc(COC(=O)N2C[C@H](Cc3ccccc3)C(=O)N3[C@@H]2CN(CC2CCCCC2)C(=O)[C@@H]3CCCCN)cc(C(F)(F)F)c1. The number of benzene rings is 2. The Bertz CT molecular complexity index is 1370. The third kappa shape index (κ3) is 8.03. The summed E-state index contributed by atoms with van der Waals surface area (Å²) in [5.41, 5.74) is 6.53. The zero-order chi connectivity index (χ0) is 32.8. The van der Waals surface area contributed by atoms with Crippen molar-refractivity contribution >= 4 is 17.9 Å². The smallest absolute Gasteiger partial charge is 0.416 e. The zero-order valence-electron chi connectivity index (χ0n) is 26.5. The van der Waals surface area contributed by atoms with Gasteiger partial charge in [-0.2, -0.15) is 13.2 Å². The van der Waals surface area contributed by atoms with Crippen molar-refractivity contribution < 1.29 is 32.3 Å². The number of piperazine rings is 1. The van der Waals surface area contributed by atoms with Gasteiger partial charge in [0.2, 0.25) is 11.8 Å². The molecule has 1 aliphatic carbocycles. The number of halogens is 3. The first-order valence-electron chi connectivity index (χ1n) is 16.5. The van der Waals surface area contributed by atoms with Gasteiger partial charge < -0.3 is 20.3 Å². The second-order valence-corrected chi connectivity index (χ2v) is 13.1. The van der Waals surface area contributed by atoms with Crippen molar-refractivity contribution in [3.05, 3.63) is 70.8 Å². The number of amides is 3. The number of carbonyl (C=O) groups is 3. The van der Waals surface area contributed by atoms with Crippen LogP contribution in [0.1, 0.15) is 73.6 Å². The van der Waals surface area contributed by atoms with Crippen LogP contribution in [-0.2, 0) is 33.5 Å². The van der Waals surface area contributed by atoms with Crippen LogP contribution < -0.4 is 5.73 Å². The van der Waals surface area contributed by atoms with Crippen molar-refractivity contribution in [2.24, 2.45) is 17.6 Å². The quantitative estimate of drug-likeness (QED) is 0.326. The molecular formula is C35H45F3N4O4. The van der Waals surface area contributed by atoms with E-state index in [1.807, 2.05) is 35.2 Å². The van der Waals surface area contributed by atoms with Crippen LogP contribution in [0.25, 0.3) is 0 Å². The molecule has 0 radical (unpaired) electrons. The molecular weight excluding hydrogens is 597 g/mol. The first kappa shape index (κ1) is 33.8. The summed E-state index contributed by atoms with van der Waals surface area (Å²) in [5, 5.41) is 0. The van der Waals surface area contributed by atoms with Crippen molar-refractivity contribution in [3.8, 4) is 0 Å². The van der Waals surface area contributed by atoms with E-state index in [1.165, 1.54) is 11.3 Å². The van der Waals surface area contributed by atoms with Crippen LogP contribution in [0.5, 0.6) is 0 Å². The third-order valence-corrected chi connectivity index (χ3v) is 9.54. The minimum atomic E-state index is -4.53. The highest BCUT2D eigenvalue weighted by Crippen LogP contribution is 2.35. The lowest BCUT2D eigenvalue weighted by molar-refractivity contribution is -0.174. The number of nitrogens with two attached hydrogens (primary N) is 1. The average Bonchev–Trinajstić information content (AvgIpc) is 3.03. The monoisotopic (exact) mass is 642 g/mol. The summed E-state index contributed by atoms with van der Waals surface area (Å²) in [6, 6.07) is 12.4. The standard InChI is InChI=1S/C35H45F3N4O4/c1-24-16-27(19-29(17-24)35(36,37)38)23-46-34(45)41-21-28(18-25-10-4-2-5-11-25)32(43)42-30(14-8-9-15-39)33(44)40(22-31(41)42)20-26-12-6-3-7-13-26/h2,4-5,10-11,16-17,19,26,28,30-31H,3,6-9,12-15,18,20-23,39H2,1H3/t28-,30-,31+/m0/s1. The third-order valence-electron chi connectivity index (χ3n) is 9.54. The Labute approximate surface area is 269 Å². The van der Waals surface area contributed by atoms with Crippen LogP contribution >= 0.6 is 0 Å². The Hall–Kier alpha value is -3.60. The number of alkyl halides is 3. The molecule has 5 rings (SSSR count). The predicted octanol–water partition coefficient (Wildman–Crippen LogP) is 5.90. The summed E-state index contributed by atoms with van der Waals surface area (Å²) in [6.07, 6.45) is 1.68. The number of nitrogens with zero attached hydrogens (tertiary/aromatic N) is 3. The van der Waals surface area contributed by atoms with E-state index >= 15 is 0 Å². The second kappa shape index (κ2) is 14.9. The Kier molecular flexibility index (Phi) is 10.9. The highest BCUT2D eigenvalue weighted by molar-refractivity contribution is 5.91.